The van der Waals surface area contributed by atoms with E-state index in [9.17, 15) is 13.2 Å². The number of halogens is 3. The third kappa shape index (κ3) is 4.46. The van der Waals surface area contributed by atoms with Crippen LogP contribution in [0, 0.1) is 6.92 Å². The van der Waals surface area contributed by atoms with E-state index in [1.165, 1.54) is 6.07 Å². The zero-order valence-electron chi connectivity index (χ0n) is 16.4. The van der Waals surface area contributed by atoms with E-state index < -0.39 is 11.7 Å². The number of benzene rings is 2. The number of morpholine rings is 1. The third-order valence-corrected chi connectivity index (χ3v) is 5.35. The number of hydrogen-bond acceptors (Lipinski definition) is 3. The van der Waals surface area contributed by atoms with E-state index in [1.807, 2.05) is 35.8 Å². The monoisotopic (exact) mass is 403 g/mol. The Morgan fingerprint density at radius 1 is 1.00 bits per heavy atom. The van der Waals surface area contributed by atoms with Crippen LogP contribution in [0.5, 0.6) is 0 Å². The van der Waals surface area contributed by atoms with Gasteiger partial charge in [-0.2, -0.15) is 13.2 Å². The number of fused-ring (bicyclic) bond motifs is 1. The van der Waals surface area contributed by atoms with Gasteiger partial charge in [0.2, 0.25) is 0 Å². The van der Waals surface area contributed by atoms with Crippen molar-refractivity contribution in [3.05, 3.63) is 53.6 Å². The van der Waals surface area contributed by atoms with Gasteiger partial charge >= 0.3 is 6.18 Å². The summed E-state index contributed by atoms with van der Waals surface area (Å²) in [7, 11) is 0. The van der Waals surface area contributed by atoms with Gasteiger partial charge in [0.1, 0.15) is 5.82 Å². The molecule has 0 N–H and O–H groups in total. The summed E-state index contributed by atoms with van der Waals surface area (Å²) in [6.07, 6.45) is -3.48. The largest absolute Gasteiger partial charge is 0.416 e. The molecule has 0 radical (unpaired) electrons. The minimum Gasteiger partial charge on any atom is -0.379 e. The zero-order chi connectivity index (χ0) is 20.4. The summed E-state index contributed by atoms with van der Waals surface area (Å²) in [6.45, 7) is 6.98. The Labute approximate surface area is 167 Å². The molecule has 0 spiro atoms. The standard InChI is InChI=1S/C22H24F3N3O/c1-16-3-5-17(6-4-16)21-26-19-15-18(22(23,24)25)7-8-20(19)28(21)10-2-9-27-11-13-29-14-12-27/h3-8,15H,2,9-14H2,1H3. The summed E-state index contributed by atoms with van der Waals surface area (Å²) < 4.78 is 46.9. The van der Waals surface area contributed by atoms with Crippen molar-refractivity contribution >= 4 is 11.0 Å². The Balaban J connectivity index is 1.66. The van der Waals surface area contributed by atoms with Crippen LogP contribution >= 0.6 is 0 Å². The number of imidazole rings is 1. The fourth-order valence-corrected chi connectivity index (χ4v) is 3.73. The van der Waals surface area contributed by atoms with Crippen molar-refractivity contribution in [3.8, 4) is 11.4 Å². The van der Waals surface area contributed by atoms with Gasteiger partial charge in [-0.3, -0.25) is 4.90 Å². The Morgan fingerprint density at radius 2 is 1.72 bits per heavy atom. The molecule has 1 aliphatic heterocycles. The van der Waals surface area contributed by atoms with Gasteiger partial charge in [0.05, 0.1) is 29.8 Å². The first-order chi connectivity index (χ1) is 13.9. The second-order valence-corrected chi connectivity index (χ2v) is 7.46. The SMILES string of the molecule is Cc1ccc(-c2nc3cc(C(F)(F)F)ccc3n2CCCN2CCOCC2)cc1. The van der Waals surface area contributed by atoms with Gasteiger partial charge in [0.15, 0.2) is 0 Å². The molecule has 1 aliphatic rings. The number of aryl methyl sites for hydroxylation is 2. The molecule has 1 saturated heterocycles. The van der Waals surface area contributed by atoms with Crippen LogP contribution in [0.4, 0.5) is 13.2 Å². The van der Waals surface area contributed by atoms with E-state index in [1.54, 1.807) is 0 Å². The number of ether oxygens (including phenoxy) is 1. The topological polar surface area (TPSA) is 30.3 Å². The smallest absolute Gasteiger partial charge is 0.379 e. The lowest BCUT2D eigenvalue weighted by Gasteiger charge is -2.26. The molecule has 0 aliphatic carbocycles. The van der Waals surface area contributed by atoms with E-state index in [0.717, 1.165) is 68.0 Å². The number of rotatable bonds is 5. The normalized spacial score (nSPS) is 15.9. The molecule has 29 heavy (non-hydrogen) atoms. The van der Waals surface area contributed by atoms with Crippen molar-refractivity contribution in [1.29, 1.82) is 0 Å². The first-order valence-electron chi connectivity index (χ1n) is 9.86. The molecular weight excluding hydrogens is 379 g/mol. The molecule has 0 amide bonds. The van der Waals surface area contributed by atoms with Gasteiger partial charge in [-0.15, -0.1) is 0 Å². The number of hydrogen-bond donors (Lipinski definition) is 0. The highest BCUT2D eigenvalue weighted by Gasteiger charge is 2.31. The molecule has 3 aromatic rings. The van der Waals surface area contributed by atoms with Crippen LogP contribution in [-0.2, 0) is 17.5 Å². The van der Waals surface area contributed by atoms with Gasteiger partial charge in [0.25, 0.3) is 0 Å². The van der Waals surface area contributed by atoms with Crippen LogP contribution in [0.1, 0.15) is 17.5 Å². The summed E-state index contributed by atoms with van der Waals surface area (Å²) in [5.74, 6) is 0.710. The van der Waals surface area contributed by atoms with Crippen LogP contribution in [0.2, 0.25) is 0 Å². The molecule has 0 bridgehead atoms. The highest BCUT2D eigenvalue weighted by Crippen LogP contribution is 2.33. The minimum atomic E-state index is -4.38. The van der Waals surface area contributed by atoms with Gasteiger partial charge in [-0.05, 0) is 31.5 Å². The maximum atomic E-state index is 13.1. The van der Waals surface area contributed by atoms with Crippen LogP contribution < -0.4 is 0 Å². The minimum absolute atomic E-state index is 0.377. The molecule has 7 heteroatoms. The van der Waals surface area contributed by atoms with Crippen LogP contribution in [-0.4, -0.2) is 47.3 Å². The first-order valence-corrected chi connectivity index (χ1v) is 9.86. The summed E-state index contributed by atoms with van der Waals surface area (Å²) in [5.41, 5.74) is 2.48. The van der Waals surface area contributed by atoms with Crippen molar-refractivity contribution < 1.29 is 17.9 Å². The Kier molecular flexibility index (Phi) is 5.61. The van der Waals surface area contributed by atoms with Gasteiger partial charge < -0.3 is 9.30 Å². The van der Waals surface area contributed by atoms with E-state index in [-0.39, 0.29) is 0 Å². The molecular formula is C22H24F3N3O. The zero-order valence-corrected chi connectivity index (χ0v) is 16.4. The molecule has 0 atom stereocenters. The van der Waals surface area contributed by atoms with E-state index in [2.05, 4.69) is 9.88 Å². The Morgan fingerprint density at radius 3 is 2.41 bits per heavy atom. The van der Waals surface area contributed by atoms with Crippen molar-refractivity contribution in [2.45, 2.75) is 26.1 Å². The number of alkyl halides is 3. The second-order valence-electron chi connectivity index (χ2n) is 7.46. The highest BCUT2D eigenvalue weighted by atomic mass is 19.4. The number of nitrogens with zero attached hydrogens (tertiary/aromatic N) is 3. The summed E-state index contributed by atoms with van der Waals surface area (Å²) in [6, 6.07) is 11.8. The summed E-state index contributed by atoms with van der Waals surface area (Å²) in [4.78, 5) is 6.94. The highest BCUT2D eigenvalue weighted by molar-refractivity contribution is 5.81. The molecule has 4 nitrogen and oxygen atoms in total. The Hall–Kier alpha value is -2.38. The van der Waals surface area contributed by atoms with Gasteiger partial charge in [0, 0.05) is 31.7 Å². The predicted octanol–water partition coefficient (Wildman–Crippen LogP) is 4.75. The lowest BCUT2D eigenvalue weighted by atomic mass is 10.1. The summed E-state index contributed by atoms with van der Waals surface area (Å²) >= 11 is 0. The van der Waals surface area contributed by atoms with Crippen LogP contribution in [0.15, 0.2) is 42.5 Å². The fourth-order valence-electron chi connectivity index (χ4n) is 3.73. The second kappa shape index (κ2) is 8.16. The third-order valence-electron chi connectivity index (χ3n) is 5.35. The predicted molar refractivity (Wildman–Crippen MR) is 107 cm³/mol. The Bertz CT molecular complexity index is 973. The van der Waals surface area contributed by atoms with E-state index in [4.69, 9.17) is 4.74 Å². The van der Waals surface area contributed by atoms with Crippen LogP contribution in [0.3, 0.4) is 0 Å². The maximum Gasteiger partial charge on any atom is 0.416 e. The van der Waals surface area contributed by atoms with Gasteiger partial charge in [-0.25, -0.2) is 4.98 Å². The quantitative estimate of drug-likeness (QED) is 0.616. The van der Waals surface area contributed by atoms with Crippen molar-refractivity contribution in [2.24, 2.45) is 0 Å². The number of aromatic nitrogens is 2. The molecule has 2 heterocycles. The molecule has 154 valence electrons. The van der Waals surface area contributed by atoms with Crippen LogP contribution in [0.25, 0.3) is 22.4 Å². The lowest BCUT2D eigenvalue weighted by molar-refractivity contribution is -0.137. The molecule has 0 unspecified atom stereocenters. The van der Waals surface area contributed by atoms with E-state index >= 15 is 0 Å². The fraction of sp³-hybridized carbons (Fsp3) is 0.409. The van der Waals surface area contributed by atoms with Gasteiger partial charge in [-0.1, -0.05) is 29.8 Å². The molecule has 0 saturated carbocycles. The van der Waals surface area contributed by atoms with Crippen molar-refractivity contribution in [2.75, 3.05) is 32.8 Å². The molecule has 1 fully saturated rings. The molecule has 4 rings (SSSR count). The van der Waals surface area contributed by atoms with E-state index in [0.29, 0.717) is 17.9 Å². The van der Waals surface area contributed by atoms with Crippen molar-refractivity contribution in [1.82, 2.24) is 14.5 Å². The molecule has 2 aromatic carbocycles. The average Bonchev–Trinajstić information content (AvgIpc) is 3.07. The average molecular weight is 403 g/mol. The maximum absolute atomic E-state index is 13.1. The molecule has 1 aromatic heterocycles. The van der Waals surface area contributed by atoms with Crippen molar-refractivity contribution in [3.63, 3.8) is 0 Å². The first kappa shape index (κ1) is 19.9. The lowest BCUT2D eigenvalue weighted by Crippen LogP contribution is -2.37. The summed E-state index contributed by atoms with van der Waals surface area (Å²) in [5, 5.41) is 0.